The van der Waals surface area contributed by atoms with Gasteiger partial charge in [-0.25, -0.2) is 0 Å². The molecule has 0 unspecified atom stereocenters. The summed E-state index contributed by atoms with van der Waals surface area (Å²) in [5.74, 6) is 0. The van der Waals surface area contributed by atoms with Gasteiger partial charge in [-0.1, -0.05) is 140 Å². The van der Waals surface area contributed by atoms with E-state index in [1.165, 1.54) is 87.2 Å². The molecule has 0 saturated heterocycles. The molecule has 0 aliphatic rings. The summed E-state index contributed by atoms with van der Waals surface area (Å²) in [6.07, 6.45) is 0. The quantitative estimate of drug-likeness (QED) is 0.171. The van der Waals surface area contributed by atoms with Gasteiger partial charge < -0.3 is 18.3 Å². The third kappa shape index (κ3) is 4.13. The topological polar surface area (TPSA) is 19.7 Å². The summed E-state index contributed by atoms with van der Waals surface area (Å²) in [5.41, 5.74) is 14.1. The number of para-hydroxylation sites is 6. The van der Waals surface area contributed by atoms with Crippen LogP contribution in [0.25, 0.3) is 110 Å². The Labute approximate surface area is 333 Å². The van der Waals surface area contributed by atoms with E-state index in [9.17, 15) is 0 Å². The number of hydrogen-bond donors (Lipinski definition) is 0. The lowest BCUT2D eigenvalue weighted by Crippen LogP contribution is -2.01. The SMILES string of the molecule is c1ccc(-n2c3ccccc3c3c(-n4c5ccccc5c5ccc6c7ccc8c9ccccc9n(-c9ccccc9)c8c7n(-c7ccccc7)c6c54)cccc32)cc1. The minimum Gasteiger partial charge on any atom is -0.309 e. The lowest BCUT2D eigenvalue weighted by atomic mass is 10.1. The summed E-state index contributed by atoms with van der Waals surface area (Å²) in [7, 11) is 0. The Morgan fingerprint density at radius 3 is 1.12 bits per heavy atom. The van der Waals surface area contributed by atoms with Gasteiger partial charge in [0.05, 0.1) is 49.8 Å². The zero-order valence-corrected chi connectivity index (χ0v) is 31.4. The van der Waals surface area contributed by atoms with Crippen molar-refractivity contribution in [2.75, 3.05) is 0 Å². The van der Waals surface area contributed by atoms with Gasteiger partial charge in [0.2, 0.25) is 0 Å². The van der Waals surface area contributed by atoms with Crippen LogP contribution in [0.1, 0.15) is 0 Å². The van der Waals surface area contributed by atoms with Gasteiger partial charge in [-0.3, -0.25) is 0 Å². The van der Waals surface area contributed by atoms with Gasteiger partial charge in [0.1, 0.15) is 0 Å². The van der Waals surface area contributed by atoms with Crippen LogP contribution in [0.3, 0.4) is 0 Å². The minimum absolute atomic E-state index is 1.13. The summed E-state index contributed by atoms with van der Waals surface area (Å²) < 4.78 is 9.99. The molecule has 0 N–H and O–H groups in total. The molecule has 0 atom stereocenters. The largest absolute Gasteiger partial charge is 0.309 e. The van der Waals surface area contributed by atoms with Crippen molar-refractivity contribution in [3.05, 3.63) is 206 Å². The van der Waals surface area contributed by atoms with Gasteiger partial charge in [0.25, 0.3) is 0 Å². The fourth-order valence-corrected chi connectivity index (χ4v) is 10.1. The van der Waals surface area contributed by atoms with Gasteiger partial charge in [0, 0.05) is 60.2 Å². The van der Waals surface area contributed by atoms with Crippen LogP contribution in [0.2, 0.25) is 0 Å². The lowest BCUT2D eigenvalue weighted by molar-refractivity contribution is 1.14. The first-order chi connectivity index (χ1) is 28.8. The summed E-state index contributed by atoms with van der Waals surface area (Å²) in [5, 5.41) is 9.85. The smallest absolute Gasteiger partial charge is 0.0789 e. The second-order valence-electron chi connectivity index (χ2n) is 15.3. The molecule has 9 aromatic carbocycles. The van der Waals surface area contributed by atoms with Crippen LogP contribution in [-0.4, -0.2) is 18.3 Å². The second kappa shape index (κ2) is 11.8. The average molecular weight is 739 g/mol. The summed E-state index contributed by atoms with van der Waals surface area (Å²) in [6, 6.07) is 75.4. The molecule has 0 fully saturated rings. The molecule has 13 rings (SSSR count). The fraction of sp³-hybridized carbons (Fsp3) is 0. The number of aromatic nitrogens is 4. The third-order valence-corrected chi connectivity index (χ3v) is 12.3. The highest BCUT2D eigenvalue weighted by atomic mass is 15.1. The van der Waals surface area contributed by atoms with Crippen molar-refractivity contribution in [1.82, 2.24) is 18.3 Å². The molecule has 0 amide bonds. The maximum absolute atomic E-state index is 2.55. The predicted octanol–water partition coefficient (Wildman–Crippen LogP) is 14.1. The first kappa shape index (κ1) is 31.4. The Balaban J connectivity index is 1.28. The molecule has 0 spiro atoms. The van der Waals surface area contributed by atoms with Crippen LogP contribution < -0.4 is 0 Å². The van der Waals surface area contributed by atoms with Crippen molar-refractivity contribution in [2.24, 2.45) is 0 Å². The lowest BCUT2D eigenvalue weighted by Gasteiger charge is -2.15. The molecular formula is C54H34N4. The van der Waals surface area contributed by atoms with E-state index in [0.717, 1.165) is 22.7 Å². The molecule has 4 heterocycles. The highest BCUT2D eigenvalue weighted by Crippen LogP contribution is 2.47. The highest BCUT2D eigenvalue weighted by molar-refractivity contribution is 6.29. The maximum Gasteiger partial charge on any atom is 0.0789 e. The number of nitrogens with zero attached hydrogens (tertiary/aromatic N) is 4. The van der Waals surface area contributed by atoms with E-state index < -0.39 is 0 Å². The van der Waals surface area contributed by atoms with Crippen LogP contribution >= 0.6 is 0 Å². The highest BCUT2D eigenvalue weighted by Gasteiger charge is 2.26. The Bertz CT molecular complexity index is 3770. The van der Waals surface area contributed by atoms with Gasteiger partial charge in [-0.05, 0) is 66.7 Å². The number of fused-ring (bicyclic) bond motifs is 14. The summed E-state index contributed by atoms with van der Waals surface area (Å²) in [4.78, 5) is 0. The van der Waals surface area contributed by atoms with Crippen LogP contribution in [0.15, 0.2) is 206 Å². The van der Waals surface area contributed by atoms with Gasteiger partial charge in [-0.15, -0.1) is 0 Å². The zero-order valence-electron chi connectivity index (χ0n) is 31.4. The summed E-state index contributed by atoms with van der Waals surface area (Å²) >= 11 is 0. The van der Waals surface area contributed by atoms with Crippen molar-refractivity contribution in [2.45, 2.75) is 0 Å². The molecule has 0 radical (unpaired) electrons. The average Bonchev–Trinajstić information content (AvgIpc) is 4.02. The predicted molar refractivity (Wildman–Crippen MR) is 244 cm³/mol. The zero-order chi connectivity index (χ0) is 37.9. The molecule has 4 heteroatoms. The molecule has 270 valence electrons. The van der Waals surface area contributed by atoms with Crippen molar-refractivity contribution in [3.63, 3.8) is 0 Å². The Morgan fingerprint density at radius 2 is 0.569 bits per heavy atom. The number of rotatable bonds is 4. The molecule has 0 aliphatic carbocycles. The van der Waals surface area contributed by atoms with Crippen LogP contribution in [0.5, 0.6) is 0 Å². The molecular weight excluding hydrogens is 705 g/mol. The van der Waals surface area contributed by atoms with Crippen LogP contribution in [-0.2, 0) is 0 Å². The summed E-state index contributed by atoms with van der Waals surface area (Å²) in [6.45, 7) is 0. The van der Waals surface area contributed by atoms with E-state index in [-0.39, 0.29) is 0 Å². The molecule has 4 aromatic heterocycles. The molecule has 4 nitrogen and oxygen atoms in total. The number of benzene rings is 9. The minimum atomic E-state index is 1.13. The molecule has 0 bridgehead atoms. The fourth-order valence-electron chi connectivity index (χ4n) is 10.1. The number of hydrogen-bond acceptors (Lipinski definition) is 0. The Morgan fingerprint density at radius 1 is 0.207 bits per heavy atom. The third-order valence-electron chi connectivity index (χ3n) is 12.3. The van der Waals surface area contributed by atoms with E-state index in [1.54, 1.807) is 0 Å². The van der Waals surface area contributed by atoms with Crippen molar-refractivity contribution in [1.29, 1.82) is 0 Å². The Hall–Kier alpha value is -7.82. The van der Waals surface area contributed by atoms with E-state index in [2.05, 4.69) is 225 Å². The van der Waals surface area contributed by atoms with E-state index >= 15 is 0 Å². The monoisotopic (exact) mass is 738 g/mol. The van der Waals surface area contributed by atoms with Gasteiger partial charge in [-0.2, -0.15) is 0 Å². The van der Waals surface area contributed by atoms with Crippen molar-refractivity contribution in [3.8, 4) is 22.7 Å². The van der Waals surface area contributed by atoms with Crippen LogP contribution in [0, 0.1) is 0 Å². The molecule has 0 saturated carbocycles. The van der Waals surface area contributed by atoms with Crippen LogP contribution in [0.4, 0.5) is 0 Å². The van der Waals surface area contributed by atoms with Gasteiger partial charge >= 0.3 is 0 Å². The standard InChI is InChI=1S/C54H34N4/c1-4-17-35(18-5-1)55-47-28-15-12-25-44(47)50-48(55)29-16-30-49(50)58-46-27-14-11-24-39(46)41-32-34-43-42-33-31-40-38-23-10-13-26-45(38)56(36-19-6-2-7-20-36)51(40)52(42)57(53(43)54(41)58)37-21-8-3-9-22-37/h1-34H. The Kier molecular flexibility index (Phi) is 6.41. The van der Waals surface area contributed by atoms with Gasteiger partial charge in [0.15, 0.2) is 0 Å². The normalized spacial score (nSPS) is 12.1. The van der Waals surface area contributed by atoms with Crippen molar-refractivity contribution < 1.29 is 0 Å². The van der Waals surface area contributed by atoms with E-state index in [0.29, 0.717) is 0 Å². The first-order valence-corrected chi connectivity index (χ1v) is 20.0. The molecule has 0 aliphatic heterocycles. The molecule has 13 aromatic rings. The second-order valence-corrected chi connectivity index (χ2v) is 15.3. The van der Waals surface area contributed by atoms with Crippen molar-refractivity contribution >= 4 is 87.2 Å². The van der Waals surface area contributed by atoms with E-state index in [1.807, 2.05) is 0 Å². The first-order valence-electron chi connectivity index (χ1n) is 20.0. The maximum atomic E-state index is 2.55. The molecule has 58 heavy (non-hydrogen) atoms. The van der Waals surface area contributed by atoms with E-state index in [4.69, 9.17) is 0 Å².